The van der Waals surface area contributed by atoms with Crippen LogP contribution in [0.3, 0.4) is 0 Å². The topological polar surface area (TPSA) is 28.2 Å². The van der Waals surface area contributed by atoms with Crippen molar-refractivity contribution in [2.24, 2.45) is 0 Å². The molecule has 0 atom stereocenters. The lowest BCUT2D eigenvalue weighted by atomic mass is 10.1. The Hall–Kier alpha value is -1.23. The average Bonchev–Trinajstić information content (AvgIpc) is 2.79. The third kappa shape index (κ3) is 3.86. The fourth-order valence-corrected chi connectivity index (χ4v) is 3.18. The molecule has 1 N–H and O–H groups in total. The summed E-state index contributed by atoms with van der Waals surface area (Å²) < 4.78 is 0. The molecule has 3 nitrogen and oxygen atoms in total. The van der Waals surface area contributed by atoms with E-state index in [-0.39, 0.29) is 0 Å². The Morgan fingerprint density at radius 3 is 2.58 bits per heavy atom. The van der Waals surface area contributed by atoms with Crippen LogP contribution in [0.2, 0.25) is 0 Å². The summed E-state index contributed by atoms with van der Waals surface area (Å²) in [6.45, 7) is 1.90. The normalized spacial score (nSPS) is 11.2. The zero-order valence-corrected chi connectivity index (χ0v) is 12.6. The predicted molar refractivity (Wildman–Crippen MR) is 82.6 cm³/mol. The van der Waals surface area contributed by atoms with Crippen molar-refractivity contribution < 1.29 is 0 Å². The fourth-order valence-electron chi connectivity index (χ4n) is 1.97. The van der Waals surface area contributed by atoms with E-state index in [2.05, 4.69) is 48.6 Å². The molecule has 2 rings (SSSR count). The van der Waals surface area contributed by atoms with Crippen molar-refractivity contribution in [1.29, 1.82) is 0 Å². The quantitative estimate of drug-likeness (QED) is 0.878. The van der Waals surface area contributed by atoms with Crippen molar-refractivity contribution in [3.8, 4) is 11.3 Å². The Bertz CT molecular complexity index is 505. The molecular formula is C15H21N3S. The largest absolute Gasteiger partial charge is 0.319 e. The third-order valence-electron chi connectivity index (χ3n) is 2.84. The molecule has 102 valence electrons. The molecule has 2 aromatic rings. The van der Waals surface area contributed by atoms with E-state index < -0.39 is 0 Å². The van der Waals surface area contributed by atoms with Crippen LogP contribution in [0, 0.1) is 0 Å². The highest BCUT2D eigenvalue weighted by Gasteiger charge is 2.12. The van der Waals surface area contributed by atoms with Gasteiger partial charge in [0.25, 0.3) is 0 Å². The van der Waals surface area contributed by atoms with Gasteiger partial charge in [-0.1, -0.05) is 30.3 Å². The molecule has 4 heteroatoms. The molecule has 0 saturated carbocycles. The molecule has 0 aliphatic heterocycles. The smallest absolute Gasteiger partial charge is 0.108 e. The van der Waals surface area contributed by atoms with Crippen LogP contribution in [0.1, 0.15) is 9.88 Å². The number of hydrogen-bond donors (Lipinski definition) is 1. The number of benzene rings is 1. The molecule has 0 aliphatic carbocycles. The van der Waals surface area contributed by atoms with Gasteiger partial charge in [-0.2, -0.15) is 0 Å². The predicted octanol–water partition coefficient (Wildman–Crippen LogP) is 2.63. The van der Waals surface area contributed by atoms with Crippen LogP contribution in [0.25, 0.3) is 11.3 Å². The number of nitrogens with zero attached hydrogens (tertiary/aromatic N) is 2. The van der Waals surface area contributed by atoms with Gasteiger partial charge in [-0.05, 0) is 34.1 Å². The number of rotatable bonds is 6. The van der Waals surface area contributed by atoms with Crippen molar-refractivity contribution in [2.75, 3.05) is 27.7 Å². The average molecular weight is 275 g/mol. The summed E-state index contributed by atoms with van der Waals surface area (Å²) in [5.74, 6) is 0. The summed E-state index contributed by atoms with van der Waals surface area (Å²) in [7, 11) is 6.15. The molecule has 1 heterocycles. The Balaban J connectivity index is 2.31. The summed E-state index contributed by atoms with van der Waals surface area (Å²) in [6.07, 6.45) is 1.03. The van der Waals surface area contributed by atoms with Gasteiger partial charge in [0, 0.05) is 17.0 Å². The molecular weight excluding hydrogens is 254 g/mol. The standard InChI is InChI=1S/C15H21N3S/c1-16-10-9-13-15(12-7-5-4-6-8-12)17-14(19-13)11-18(2)3/h4-8,16H,9-11H2,1-3H3. The molecule has 0 unspecified atom stereocenters. The van der Waals surface area contributed by atoms with Crippen LogP contribution in [0.4, 0.5) is 0 Å². The lowest BCUT2D eigenvalue weighted by Gasteiger charge is -2.04. The molecule has 19 heavy (non-hydrogen) atoms. The first-order chi connectivity index (χ1) is 9.20. The van der Waals surface area contributed by atoms with E-state index in [1.807, 2.05) is 24.5 Å². The summed E-state index contributed by atoms with van der Waals surface area (Å²) in [6, 6.07) is 10.5. The summed E-state index contributed by atoms with van der Waals surface area (Å²) in [5, 5.41) is 4.40. The Morgan fingerprint density at radius 2 is 1.95 bits per heavy atom. The minimum absolute atomic E-state index is 0.907. The van der Waals surface area contributed by atoms with Crippen molar-refractivity contribution in [3.05, 3.63) is 40.2 Å². The highest BCUT2D eigenvalue weighted by Crippen LogP contribution is 2.29. The molecule has 1 aromatic carbocycles. The SMILES string of the molecule is CNCCc1sc(CN(C)C)nc1-c1ccccc1. The minimum Gasteiger partial charge on any atom is -0.319 e. The molecule has 0 spiro atoms. The Kier molecular flexibility index (Phi) is 5.07. The monoisotopic (exact) mass is 275 g/mol. The second kappa shape index (κ2) is 6.80. The summed E-state index contributed by atoms with van der Waals surface area (Å²) >= 11 is 1.83. The Morgan fingerprint density at radius 1 is 1.21 bits per heavy atom. The van der Waals surface area contributed by atoms with Gasteiger partial charge >= 0.3 is 0 Å². The maximum absolute atomic E-state index is 4.82. The van der Waals surface area contributed by atoms with Gasteiger partial charge < -0.3 is 10.2 Å². The number of nitrogens with one attached hydrogen (secondary N) is 1. The van der Waals surface area contributed by atoms with Crippen molar-refractivity contribution in [2.45, 2.75) is 13.0 Å². The Labute approximate surface area is 119 Å². The van der Waals surface area contributed by atoms with Crippen LogP contribution < -0.4 is 5.32 Å². The van der Waals surface area contributed by atoms with Crippen LogP contribution in [0.5, 0.6) is 0 Å². The van der Waals surface area contributed by atoms with E-state index in [0.29, 0.717) is 0 Å². The molecule has 0 bridgehead atoms. The molecule has 0 aliphatic rings. The lowest BCUT2D eigenvalue weighted by molar-refractivity contribution is 0.402. The van der Waals surface area contributed by atoms with Crippen molar-refractivity contribution in [1.82, 2.24) is 15.2 Å². The van der Waals surface area contributed by atoms with Crippen LogP contribution in [0.15, 0.2) is 30.3 Å². The van der Waals surface area contributed by atoms with E-state index in [4.69, 9.17) is 4.98 Å². The molecule has 0 saturated heterocycles. The number of thiazole rings is 1. The van der Waals surface area contributed by atoms with Gasteiger partial charge in [-0.3, -0.25) is 0 Å². The van der Waals surface area contributed by atoms with Gasteiger partial charge in [0.15, 0.2) is 0 Å². The van der Waals surface area contributed by atoms with E-state index in [1.165, 1.54) is 15.4 Å². The highest BCUT2D eigenvalue weighted by molar-refractivity contribution is 7.12. The van der Waals surface area contributed by atoms with E-state index in [0.717, 1.165) is 25.2 Å². The van der Waals surface area contributed by atoms with E-state index in [9.17, 15) is 0 Å². The number of aromatic nitrogens is 1. The molecule has 0 fully saturated rings. The summed E-state index contributed by atoms with van der Waals surface area (Å²) in [4.78, 5) is 8.36. The number of hydrogen-bond acceptors (Lipinski definition) is 4. The van der Waals surface area contributed by atoms with E-state index in [1.54, 1.807) is 0 Å². The second-order valence-electron chi connectivity index (χ2n) is 4.84. The van der Waals surface area contributed by atoms with Crippen molar-refractivity contribution >= 4 is 11.3 Å². The van der Waals surface area contributed by atoms with Gasteiger partial charge in [0.1, 0.15) is 5.01 Å². The second-order valence-corrected chi connectivity index (χ2v) is 6.00. The first-order valence-corrected chi connectivity index (χ1v) is 7.35. The van der Waals surface area contributed by atoms with Crippen molar-refractivity contribution in [3.63, 3.8) is 0 Å². The number of likely N-dealkylation sites (N-methyl/N-ethyl adjacent to an activating group) is 1. The van der Waals surface area contributed by atoms with Gasteiger partial charge in [0.05, 0.1) is 5.69 Å². The van der Waals surface area contributed by atoms with Crippen LogP contribution in [-0.2, 0) is 13.0 Å². The molecule has 0 amide bonds. The van der Waals surface area contributed by atoms with E-state index >= 15 is 0 Å². The zero-order valence-electron chi connectivity index (χ0n) is 11.8. The maximum atomic E-state index is 4.82. The first-order valence-electron chi connectivity index (χ1n) is 6.54. The summed E-state index contributed by atoms with van der Waals surface area (Å²) in [5.41, 5.74) is 2.37. The lowest BCUT2D eigenvalue weighted by Crippen LogP contribution is -2.10. The zero-order chi connectivity index (χ0) is 13.7. The third-order valence-corrected chi connectivity index (χ3v) is 3.94. The highest BCUT2D eigenvalue weighted by atomic mass is 32.1. The van der Waals surface area contributed by atoms with Gasteiger partial charge in [0.2, 0.25) is 0 Å². The van der Waals surface area contributed by atoms with Gasteiger partial charge in [-0.25, -0.2) is 4.98 Å². The van der Waals surface area contributed by atoms with Crippen LogP contribution >= 0.6 is 11.3 Å². The fraction of sp³-hybridized carbons (Fsp3) is 0.400. The molecule has 0 radical (unpaired) electrons. The molecule has 1 aromatic heterocycles. The minimum atomic E-state index is 0.907. The van der Waals surface area contributed by atoms with Crippen LogP contribution in [-0.4, -0.2) is 37.6 Å². The van der Waals surface area contributed by atoms with Gasteiger partial charge in [-0.15, -0.1) is 11.3 Å². The first kappa shape index (κ1) is 14.2. The maximum Gasteiger partial charge on any atom is 0.108 e.